The number of sulfone groups is 1. The van der Waals surface area contributed by atoms with Gasteiger partial charge < -0.3 is 5.32 Å². The average Bonchev–Trinajstić information content (AvgIpc) is 2.48. The molecule has 22 heavy (non-hydrogen) atoms. The van der Waals surface area contributed by atoms with Crippen molar-refractivity contribution in [3.63, 3.8) is 0 Å². The number of pyridine rings is 1. The van der Waals surface area contributed by atoms with Gasteiger partial charge >= 0.3 is 0 Å². The minimum absolute atomic E-state index is 0.0704. The minimum Gasteiger partial charge on any atom is -0.349 e. The molecule has 0 saturated carbocycles. The van der Waals surface area contributed by atoms with Crippen molar-refractivity contribution in [1.29, 1.82) is 0 Å². The van der Waals surface area contributed by atoms with Crippen molar-refractivity contribution in [1.82, 2.24) is 10.3 Å². The Hall–Kier alpha value is -1.92. The molecular weight excluding hydrogens is 324 g/mol. The number of carbonyl (C=O) groups is 1. The highest BCUT2D eigenvalue weighted by atomic mass is 35.5. The molecule has 0 spiro atoms. The van der Waals surface area contributed by atoms with Gasteiger partial charge in [0.1, 0.15) is 5.75 Å². The van der Waals surface area contributed by atoms with Crippen LogP contribution in [-0.2, 0) is 14.6 Å². The number of aromatic nitrogens is 1. The number of hydrogen-bond acceptors (Lipinski definition) is 4. The topological polar surface area (TPSA) is 76.1 Å². The molecule has 0 radical (unpaired) electrons. The van der Waals surface area contributed by atoms with Crippen LogP contribution < -0.4 is 5.32 Å². The predicted molar refractivity (Wildman–Crippen MR) is 84.3 cm³/mol. The quantitative estimate of drug-likeness (QED) is 0.908. The van der Waals surface area contributed by atoms with Crippen molar-refractivity contribution >= 4 is 27.3 Å². The lowest BCUT2D eigenvalue weighted by Crippen LogP contribution is -2.32. The second kappa shape index (κ2) is 6.89. The van der Waals surface area contributed by atoms with E-state index in [0.29, 0.717) is 5.02 Å². The van der Waals surface area contributed by atoms with E-state index in [4.69, 9.17) is 11.6 Å². The summed E-state index contributed by atoms with van der Waals surface area (Å²) < 4.78 is 24.3. The molecule has 1 atom stereocenters. The summed E-state index contributed by atoms with van der Waals surface area (Å²) in [7, 11) is -3.69. The third-order valence-electron chi connectivity index (χ3n) is 3.06. The van der Waals surface area contributed by atoms with Crippen LogP contribution in [0.15, 0.2) is 53.7 Å². The van der Waals surface area contributed by atoms with Gasteiger partial charge in [-0.2, -0.15) is 0 Å². The first-order chi connectivity index (χ1) is 10.4. The van der Waals surface area contributed by atoms with Gasteiger partial charge in [0.25, 0.3) is 0 Å². The molecule has 1 aromatic carbocycles. The Morgan fingerprint density at radius 3 is 2.55 bits per heavy atom. The van der Waals surface area contributed by atoms with Gasteiger partial charge in [0.05, 0.1) is 10.9 Å². The number of carbonyl (C=O) groups excluding carboxylic acids is 1. The largest absolute Gasteiger partial charge is 0.349 e. The fourth-order valence-electron chi connectivity index (χ4n) is 1.90. The molecular formula is C15H15ClN2O3S. The van der Waals surface area contributed by atoms with E-state index in [1.165, 1.54) is 24.3 Å². The summed E-state index contributed by atoms with van der Waals surface area (Å²) in [6.07, 6.45) is 3.25. The molecule has 1 amide bonds. The molecule has 7 heteroatoms. The van der Waals surface area contributed by atoms with Crippen LogP contribution in [0.1, 0.15) is 18.5 Å². The Bertz CT molecular complexity index is 746. The lowest BCUT2D eigenvalue weighted by Gasteiger charge is -2.14. The smallest absolute Gasteiger partial charge is 0.236 e. The summed E-state index contributed by atoms with van der Waals surface area (Å²) in [5.41, 5.74) is 0.805. The zero-order valence-corrected chi connectivity index (χ0v) is 13.4. The van der Waals surface area contributed by atoms with Gasteiger partial charge in [-0.1, -0.05) is 17.7 Å². The minimum atomic E-state index is -3.69. The number of amides is 1. The van der Waals surface area contributed by atoms with E-state index in [0.717, 1.165) is 5.56 Å². The van der Waals surface area contributed by atoms with E-state index in [-0.39, 0.29) is 10.9 Å². The Labute approximate surface area is 134 Å². The molecule has 2 rings (SSSR count). The van der Waals surface area contributed by atoms with Gasteiger partial charge in [0.15, 0.2) is 9.84 Å². The monoisotopic (exact) mass is 338 g/mol. The van der Waals surface area contributed by atoms with Crippen LogP contribution in [0.3, 0.4) is 0 Å². The molecule has 0 unspecified atom stereocenters. The highest BCUT2D eigenvalue weighted by Gasteiger charge is 2.20. The summed E-state index contributed by atoms with van der Waals surface area (Å²) >= 11 is 5.72. The van der Waals surface area contributed by atoms with Crippen molar-refractivity contribution in [3.05, 3.63) is 59.4 Å². The number of nitrogens with one attached hydrogen (secondary N) is 1. The molecule has 0 fully saturated rings. The Morgan fingerprint density at radius 1 is 1.27 bits per heavy atom. The Balaban J connectivity index is 2.03. The standard InChI is InChI=1S/C15H15ClN2O3S/c1-11(12-3-2-8-17-9-12)18-15(19)10-22(20,21)14-6-4-13(16)5-7-14/h2-9,11H,10H2,1H3,(H,18,19)/t11-/m0/s1. The molecule has 1 N–H and O–H groups in total. The van der Waals surface area contributed by atoms with Crippen molar-refractivity contribution in [2.24, 2.45) is 0 Å². The average molecular weight is 339 g/mol. The predicted octanol–water partition coefficient (Wildman–Crippen LogP) is 2.39. The molecule has 0 aliphatic heterocycles. The number of hydrogen-bond donors (Lipinski definition) is 1. The van der Waals surface area contributed by atoms with Crippen molar-refractivity contribution in [2.45, 2.75) is 17.9 Å². The lowest BCUT2D eigenvalue weighted by atomic mass is 10.1. The molecule has 5 nitrogen and oxygen atoms in total. The molecule has 0 aliphatic carbocycles. The van der Waals surface area contributed by atoms with E-state index in [2.05, 4.69) is 10.3 Å². The summed E-state index contributed by atoms with van der Waals surface area (Å²) in [6.45, 7) is 1.77. The van der Waals surface area contributed by atoms with Crippen LogP contribution in [0, 0.1) is 0 Å². The Kier molecular flexibility index (Phi) is 5.15. The third-order valence-corrected chi connectivity index (χ3v) is 4.94. The number of halogens is 1. The van der Waals surface area contributed by atoms with Crippen molar-refractivity contribution in [2.75, 3.05) is 5.75 Å². The molecule has 0 bridgehead atoms. The van der Waals surface area contributed by atoms with E-state index >= 15 is 0 Å². The van der Waals surface area contributed by atoms with Crippen LogP contribution in [0.5, 0.6) is 0 Å². The van der Waals surface area contributed by atoms with E-state index in [9.17, 15) is 13.2 Å². The maximum atomic E-state index is 12.2. The summed E-state index contributed by atoms with van der Waals surface area (Å²) in [6, 6.07) is 8.97. The van der Waals surface area contributed by atoms with Gasteiger partial charge in [0, 0.05) is 17.4 Å². The zero-order valence-electron chi connectivity index (χ0n) is 11.9. The summed E-state index contributed by atoms with van der Waals surface area (Å²) in [4.78, 5) is 16.0. The van der Waals surface area contributed by atoms with Gasteiger partial charge in [-0.15, -0.1) is 0 Å². The van der Waals surface area contributed by atoms with Crippen LogP contribution in [0.2, 0.25) is 5.02 Å². The van der Waals surface area contributed by atoms with Crippen LogP contribution in [-0.4, -0.2) is 25.1 Å². The first-order valence-corrected chi connectivity index (χ1v) is 8.59. The van der Waals surface area contributed by atoms with E-state index in [1.807, 2.05) is 6.07 Å². The second-order valence-electron chi connectivity index (χ2n) is 4.79. The Morgan fingerprint density at radius 2 is 1.95 bits per heavy atom. The summed E-state index contributed by atoms with van der Waals surface area (Å²) in [5, 5.41) is 3.09. The fraction of sp³-hybridized carbons (Fsp3) is 0.200. The van der Waals surface area contributed by atoms with E-state index < -0.39 is 21.5 Å². The second-order valence-corrected chi connectivity index (χ2v) is 7.21. The van der Waals surface area contributed by atoms with Gasteiger partial charge in [-0.25, -0.2) is 8.42 Å². The first-order valence-electron chi connectivity index (χ1n) is 6.56. The van der Waals surface area contributed by atoms with Gasteiger partial charge in [0.2, 0.25) is 5.91 Å². The van der Waals surface area contributed by atoms with Crippen molar-refractivity contribution in [3.8, 4) is 0 Å². The SMILES string of the molecule is C[C@H](NC(=O)CS(=O)(=O)c1ccc(Cl)cc1)c1cccnc1. The highest BCUT2D eigenvalue weighted by molar-refractivity contribution is 7.92. The third kappa shape index (κ3) is 4.29. The fourth-order valence-corrected chi connectivity index (χ4v) is 3.17. The van der Waals surface area contributed by atoms with Crippen LogP contribution in [0.25, 0.3) is 0 Å². The van der Waals surface area contributed by atoms with Crippen LogP contribution in [0.4, 0.5) is 0 Å². The summed E-state index contributed by atoms with van der Waals surface area (Å²) in [5.74, 6) is -1.18. The van der Waals surface area contributed by atoms with Crippen molar-refractivity contribution < 1.29 is 13.2 Å². The first kappa shape index (κ1) is 16.5. The normalized spacial score (nSPS) is 12.6. The zero-order chi connectivity index (χ0) is 16.2. The lowest BCUT2D eigenvalue weighted by molar-refractivity contribution is -0.119. The molecule has 0 aliphatic rings. The number of rotatable bonds is 5. The molecule has 116 valence electrons. The number of benzene rings is 1. The molecule has 1 heterocycles. The molecule has 2 aromatic rings. The highest BCUT2D eigenvalue weighted by Crippen LogP contribution is 2.16. The van der Waals surface area contributed by atoms with Gasteiger partial charge in [-0.05, 0) is 42.8 Å². The molecule has 0 saturated heterocycles. The van der Waals surface area contributed by atoms with E-state index in [1.54, 1.807) is 25.4 Å². The molecule has 1 aromatic heterocycles. The van der Waals surface area contributed by atoms with Gasteiger partial charge in [-0.3, -0.25) is 9.78 Å². The maximum Gasteiger partial charge on any atom is 0.236 e. The van der Waals surface area contributed by atoms with Crippen LogP contribution >= 0.6 is 11.6 Å². The maximum absolute atomic E-state index is 12.2. The number of nitrogens with zero attached hydrogens (tertiary/aromatic N) is 1.